The molecular formula is C21H36IN5O3. The van der Waals surface area contributed by atoms with Crippen LogP contribution in [0.15, 0.2) is 27.8 Å². The number of nitrogens with one attached hydrogen (secondary N) is 1. The Morgan fingerprint density at radius 2 is 1.93 bits per heavy atom. The van der Waals surface area contributed by atoms with Gasteiger partial charge < -0.3 is 24.3 Å². The molecule has 2 aliphatic rings. The third-order valence-electron chi connectivity index (χ3n) is 5.72. The second-order valence-electron chi connectivity index (χ2n) is 7.69. The highest BCUT2D eigenvalue weighted by atomic mass is 127. The van der Waals surface area contributed by atoms with Gasteiger partial charge in [-0.15, -0.1) is 24.0 Å². The minimum Gasteiger partial charge on any atom is -0.467 e. The smallest absolute Gasteiger partial charge is 0.239 e. The number of hydrogen-bond acceptors (Lipinski definition) is 5. The predicted molar refractivity (Wildman–Crippen MR) is 128 cm³/mol. The van der Waals surface area contributed by atoms with E-state index in [0.717, 1.165) is 76.8 Å². The second-order valence-corrected chi connectivity index (χ2v) is 7.69. The molecule has 170 valence electrons. The molecule has 1 unspecified atom stereocenters. The molecule has 3 heterocycles. The first-order chi connectivity index (χ1) is 14.2. The molecule has 30 heavy (non-hydrogen) atoms. The van der Waals surface area contributed by atoms with Crippen LogP contribution in [0.3, 0.4) is 0 Å². The summed E-state index contributed by atoms with van der Waals surface area (Å²) in [4.78, 5) is 23.6. The number of ether oxygens (including phenoxy) is 1. The van der Waals surface area contributed by atoms with E-state index in [2.05, 4.69) is 20.1 Å². The molecule has 1 N–H and O–H groups in total. The molecule has 1 aromatic heterocycles. The molecule has 0 radical (unpaired) electrons. The van der Waals surface area contributed by atoms with Gasteiger partial charge >= 0.3 is 0 Å². The number of carbonyl (C=O) groups excluding carboxylic acids is 1. The van der Waals surface area contributed by atoms with Crippen molar-refractivity contribution in [2.24, 2.45) is 4.99 Å². The Hall–Kier alpha value is -1.33. The molecule has 9 heteroatoms. The van der Waals surface area contributed by atoms with E-state index in [1.807, 2.05) is 31.0 Å². The van der Waals surface area contributed by atoms with Crippen molar-refractivity contribution in [2.45, 2.75) is 38.8 Å². The van der Waals surface area contributed by atoms with E-state index in [1.54, 1.807) is 6.26 Å². The number of piperazine rings is 1. The summed E-state index contributed by atoms with van der Waals surface area (Å²) in [6.45, 7) is 9.42. The van der Waals surface area contributed by atoms with Crippen LogP contribution >= 0.6 is 24.0 Å². The van der Waals surface area contributed by atoms with Gasteiger partial charge in [-0.2, -0.15) is 0 Å². The van der Waals surface area contributed by atoms with E-state index in [0.29, 0.717) is 13.2 Å². The SMILES string of the molecule is CN=C(NCCCOCc1ccco1)N1CCN(C(C)C(=O)N2CCCC2)CC1.I. The van der Waals surface area contributed by atoms with Gasteiger partial charge in [0.15, 0.2) is 5.96 Å². The summed E-state index contributed by atoms with van der Waals surface area (Å²) in [7, 11) is 1.82. The van der Waals surface area contributed by atoms with Gasteiger partial charge in [0.05, 0.1) is 12.3 Å². The summed E-state index contributed by atoms with van der Waals surface area (Å²) in [5.41, 5.74) is 0. The van der Waals surface area contributed by atoms with Crippen LogP contribution in [0.25, 0.3) is 0 Å². The molecule has 3 rings (SSSR count). The highest BCUT2D eigenvalue weighted by molar-refractivity contribution is 14.0. The summed E-state index contributed by atoms with van der Waals surface area (Å²) >= 11 is 0. The normalized spacial score (nSPS) is 18.9. The molecule has 0 spiro atoms. The van der Waals surface area contributed by atoms with Crippen molar-refractivity contribution in [1.82, 2.24) is 20.0 Å². The number of halogens is 1. The van der Waals surface area contributed by atoms with Gasteiger partial charge in [0, 0.05) is 59.5 Å². The largest absolute Gasteiger partial charge is 0.467 e. The summed E-state index contributed by atoms with van der Waals surface area (Å²) in [6, 6.07) is 3.75. The Labute approximate surface area is 197 Å². The zero-order valence-corrected chi connectivity index (χ0v) is 20.5. The first-order valence-corrected chi connectivity index (χ1v) is 10.8. The maximum Gasteiger partial charge on any atom is 0.239 e. The summed E-state index contributed by atoms with van der Waals surface area (Å²) in [5.74, 6) is 2.06. The van der Waals surface area contributed by atoms with Crippen molar-refractivity contribution in [2.75, 3.05) is 59.5 Å². The van der Waals surface area contributed by atoms with E-state index in [4.69, 9.17) is 9.15 Å². The first kappa shape index (κ1) is 24.9. The number of rotatable bonds is 8. The number of guanidine groups is 1. The highest BCUT2D eigenvalue weighted by Gasteiger charge is 2.30. The van der Waals surface area contributed by atoms with E-state index in [1.165, 1.54) is 0 Å². The monoisotopic (exact) mass is 533 g/mol. The summed E-state index contributed by atoms with van der Waals surface area (Å²) < 4.78 is 10.9. The van der Waals surface area contributed by atoms with Gasteiger partial charge in [0.25, 0.3) is 0 Å². The lowest BCUT2D eigenvalue weighted by Crippen LogP contribution is -2.57. The van der Waals surface area contributed by atoms with Crippen molar-refractivity contribution in [3.63, 3.8) is 0 Å². The van der Waals surface area contributed by atoms with Gasteiger partial charge in [0.2, 0.25) is 5.91 Å². The molecule has 2 saturated heterocycles. The van der Waals surface area contributed by atoms with Crippen molar-refractivity contribution < 1.29 is 13.9 Å². The Morgan fingerprint density at radius 3 is 2.57 bits per heavy atom. The molecule has 1 aromatic rings. The quantitative estimate of drug-likeness (QED) is 0.239. The van der Waals surface area contributed by atoms with Crippen LogP contribution in [0.5, 0.6) is 0 Å². The molecule has 2 fully saturated rings. The van der Waals surface area contributed by atoms with Crippen LogP contribution in [0, 0.1) is 0 Å². The Morgan fingerprint density at radius 1 is 1.20 bits per heavy atom. The average molecular weight is 533 g/mol. The number of likely N-dealkylation sites (tertiary alicyclic amines) is 1. The zero-order valence-electron chi connectivity index (χ0n) is 18.2. The lowest BCUT2D eigenvalue weighted by molar-refractivity contribution is -0.135. The van der Waals surface area contributed by atoms with Gasteiger partial charge in [0.1, 0.15) is 12.4 Å². The molecule has 0 bridgehead atoms. The fourth-order valence-electron chi connectivity index (χ4n) is 3.95. The van der Waals surface area contributed by atoms with Crippen LogP contribution in [0.4, 0.5) is 0 Å². The van der Waals surface area contributed by atoms with Gasteiger partial charge in [-0.25, -0.2) is 0 Å². The summed E-state index contributed by atoms with van der Waals surface area (Å²) in [6.07, 6.45) is 4.85. The number of aliphatic imine (C=N–C) groups is 1. The maximum atomic E-state index is 12.6. The van der Waals surface area contributed by atoms with E-state index >= 15 is 0 Å². The highest BCUT2D eigenvalue weighted by Crippen LogP contribution is 2.14. The Kier molecular flexibility index (Phi) is 10.9. The fourth-order valence-corrected chi connectivity index (χ4v) is 3.95. The summed E-state index contributed by atoms with van der Waals surface area (Å²) in [5, 5.41) is 3.42. The minimum absolute atomic E-state index is 0. The van der Waals surface area contributed by atoms with Crippen molar-refractivity contribution in [1.29, 1.82) is 0 Å². The van der Waals surface area contributed by atoms with Gasteiger partial charge in [-0.3, -0.25) is 14.7 Å². The number of furan rings is 1. The predicted octanol–water partition coefficient (Wildman–Crippen LogP) is 2.01. The second kappa shape index (κ2) is 13.2. The molecule has 0 aliphatic carbocycles. The third kappa shape index (κ3) is 7.12. The minimum atomic E-state index is -0.0310. The lowest BCUT2D eigenvalue weighted by atomic mass is 10.2. The van der Waals surface area contributed by atoms with Crippen molar-refractivity contribution >= 4 is 35.8 Å². The fraction of sp³-hybridized carbons (Fsp3) is 0.714. The number of nitrogens with zero attached hydrogens (tertiary/aromatic N) is 4. The van der Waals surface area contributed by atoms with Gasteiger partial charge in [-0.05, 0) is 38.3 Å². The lowest BCUT2D eigenvalue weighted by Gasteiger charge is -2.39. The van der Waals surface area contributed by atoms with Crippen LogP contribution in [-0.4, -0.2) is 92.1 Å². The van der Waals surface area contributed by atoms with Crippen molar-refractivity contribution in [3.05, 3.63) is 24.2 Å². The molecule has 8 nitrogen and oxygen atoms in total. The third-order valence-corrected chi connectivity index (χ3v) is 5.72. The molecule has 1 amide bonds. The number of amides is 1. The molecular weight excluding hydrogens is 497 g/mol. The average Bonchev–Trinajstić information content (AvgIpc) is 3.47. The molecule has 0 saturated carbocycles. The molecule has 2 aliphatic heterocycles. The van der Waals surface area contributed by atoms with Crippen LogP contribution < -0.4 is 5.32 Å². The number of hydrogen-bond donors (Lipinski definition) is 1. The standard InChI is InChI=1S/C21H35N5O3.HI/c1-18(20(27)25-9-3-4-10-25)24-11-13-26(14-12-24)21(22-2)23-8-6-15-28-17-19-7-5-16-29-19;/h5,7,16,18H,3-4,6,8-15,17H2,1-2H3,(H,22,23);1H. The van der Waals surface area contributed by atoms with Crippen LogP contribution in [0.2, 0.25) is 0 Å². The topological polar surface area (TPSA) is 73.5 Å². The Balaban J connectivity index is 0.00000320. The van der Waals surface area contributed by atoms with Gasteiger partial charge in [-0.1, -0.05) is 0 Å². The molecule has 0 aromatic carbocycles. The van der Waals surface area contributed by atoms with Crippen molar-refractivity contribution in [3.8, 4) is 0 Å². The zero-order chi connectivity index (χ0) is 20.5. The first-order valence-electron chi connectivity index (χ1n) is 10.8. The van der Waals surface area contributed by atoms with Crippen LogP contribution in [-0.2, 0) is 16.1 Å². The van der Waals surface area contributed by atoms with E-state index in [-0.39, 0.29) is 35.9 Å². The maximum absolute atomic E-state index is 12.6. The van der Waals surface area contributed by atoms with E-state index in [9.17, 15) is 4.79 Å². The Bertz CT molecular complexity index is 641. The molecule has 1 atom stereocenters. The number of carbonyl (C=O) groups is 1. The van der Waals surface area contributed by atoms with E-state index < -0.39 is 0 Å². The van der Waals surface area contributed by atoms with Crippen LogP contribution in [0.1, 0.15) is 31.9 Å².